The van der Waals surface area contributed by atoms with Crippen molar-refractivity contribution in [3.8, 4) is 0 Å². The number of likely N-dealkylation sites (tertiary alicyclic amines) is 1. The Balaban J connectivity index is 1.59. The van der Waals surface area contributed by atoms with Gasteiger partial charge in [0.15, 0.2) is 0 Å². The predicted molar refractivity (Wildman–Crippen MR) is 74.9 cm³/mol. The molecule has 0 spiro atoms. The molecule has 3 heterocycles. The number of amides is 1. The molecule has 4 unspecified atom stereocenters. The van der Waals surface area contributed by atoms with E-state index in [-0.39, 0.29) is 11.5 Å². The van der Waals surface area contributed by atoms with Crippen LogP contribution in [0.25, 0.3) is 0 Å². The van der Waals surface area contributed by atoms with E-state index in [2.05, 4.69) is 15.9 Å². The molecule has 0 radical (unpaired) electrons. The van der Waals surface area contributed by atoms with Crippen LogP contribution < -0.4 is 0 Å². The van der Waals surface area contributed by atoms with Crippen molar-refractivity contribution in [1.82, 2.24) is 4.90 Å². The van der Waals surface area contributed by atoms with Crippen molar-refractivity contribution in [2.24, 2.45) is 11.8 Å². The number of hydrogen-bond acceptors (Lipinski definition) is 2. The van der Waals surface area contributed by atoms with Crippen LogP contribution in [0.15, 0.2) is 22.7 Å². The van der Waals surface area contributed by atoms with Crippen molar-refractivity contribution in [3.63, 3.8) is 0 Å². The molecule has 5 heteroatoms. The van der Waals surface area contributed by atoms with Crippen molar-refractivity contribution in [3.05, 3.63) is 34.1 Å². The summed E-state index contributed by atoms with van der Waals surface area (Å²) in [5, 5.41) is 0. The van der Waals surface area contributed by atoms with Gasteiger partial charge in [0.25, 0.3) is 5.91 Å². The van der Waals surface area contributed by atoms with Crippen molar-refractivity contribution in [2.45, 2.75) is 25.0 Å². The quantitative estimate of drug-likeness (QED) is 0.787. The summed E-state index contributed by atoms with van der Waals surface area (Å²) in [5.41, 5.74) is 0.153. The summed E-state index contributed by atoms with van der Waals surface area (Å²) >= 11 is 3.28. The molecule has 3 fully saturated rings. The van der Waals surface area contributed by atoms with E-state index in [0.717, 1.165) is 12.8 Å². The Morgan fingerprint density at radius 3 is 2.50 bits per heavy atom. The van der Waals surface area contributed by atoms with Crippen LogP contribution in [0, 0.1) is 17.7 Å². The minimum absolute atomic E-state index is 0.153. The normalized spacial score (nSPS) is 34.6. The standard InChI is InChI=1S/C15H15BrFNO2/c16-10-2-1-3-11(17)14(10)15(19)18-6-8-9(7-18)13-5-4-12(8)20-13/h1-3,8-9,12-13H,4-7H2. The average Bonchev–Trinajstić information content (AvgIpc) is 3.11. The number of carbonyl (C=O) groups excluding carboxylic acids is 1. The summed E-state index contributed by atoms with van der Waals surface area (Å²) < 4.78 is 20.3. The number of ether oxygens (including phenoxy) is 1. The van der Waals surface area contributed by atoms with Crippen LogP contribution in [-0.2, 0) is 4.74 Å². The minimum atomic E-state index is -0.458. The highest BCUT2D eigenvalue weighted by atomic mass is 79.9. The third kappa shape index (κ3) is 1.76. The molecule has 3 nitrogen and oxygen atoms in total. The summed E-state index contributed by atoms with van der Waals surface area (Å²) in [4.78, 5) is 14.4. The van der Waals surface area contributed by atoms with Gasteiger partial charge in [0.2, 0.25) is 0 Å². The molecule has 1 amide bonds. The maximum atomic E-state index is 13.9. The lowest BCUT2D eigenvalue weighted by Gasteiger charge is -2.19. The highest BCUT2D eigenvalue weighted by molar-refractivity contribution is 9.10. The molecule has 2 bridgehead atoms. The molecule has 4 rings (SSSR count). The van der Waals surface area contributed by atoms with Crippen molar-refractivity contribution in [1.29, 1.82) is 0 Å². The van der Waals surface area contributed by atoms with Gasteiger partial charge in [-0.2, -0.15) is 0 Å². The Labute approximate surface area is 125 Å². The van der Waals surface area contributed by atoms with Gasteiger partial charge in [0.05, 0.1) is 17.8 Å². The highest BCUT2D eigenvalue weighted by Gasteiger charge is 2.53. The fourth-order valence-electron chi connectivity index (χ4n) is 3.99. The Hall–Kier alpha value is -0.940. The first-order valence-electron chi connectivity index (χ1n) is 7.04. The SMILES string of the molecule is O=C(c1c(F)cccc1Br)N1CC2C3CCC(O3)C2C1. The number of hydrogen-bond donors (Lipinski definition) is 0. The summed E-state index contributed by atoms with van der Waals surface area (Å²) in [6, 6.07) is 4.64. The van der Waals surface area contributed by atoms with Gasteiger partial charge in [-0.05, 0) is 40.9 Å². The van der Waals surface area contributed by atoms with Gasteiger partial charge in [-0.3, -0.25) is 4.79 Å². The molecule has 106 valence electrons. The first-order valence-corrected chi connectivity index (χ1v) is 7.83. The number of halogens is 2. The molecule has 20 heavy (non-hydrogen) atoms. The van der Waals surface area contributed by atoms with Crippen LogP contribution in [0.3, 0.4) is 0 Å². The molecule has 4 atom stereocenters. The van der Waals surface area contributed by atoms with Gasteiger partial charge < -0.3 is 9.64 Å². The minimum Gasteiger partial charge on any atom is -0.374 e. The molecule has 0 N–H and O–H groups in total. The van der Waals surface area contributed by atoms with Crippen LogP contribution in [0.4, 0.5) is 4.39 Å². The molecular weight excluding hydrogens is 325 g/mol. The van der Waals surface area contributed by atoms with Gasteiger partial charge in [0, 0.05) is 29.4 Å². The summed E-state index contributed by atoms with van der Waals surface area (Å²) in [6.45, 7) is 1.40. The number of fused-ring (bicyclic) bond motifs is 5. The van der Waals surface area contributed by atoms with Gasteiger partial charge in [-0.15, -0.1) is 0 Å². The molecule has 3 aliphatic heterocycles. The van der Waals surface area contributed by atoms with E-state index in [0.29, 0.717) is 41.6 Å². The topological polar surface area (TPSA) is 29.5 Å². The third-order valence-electron chi connectivity index (χ3n) is 4.92. The molecule has 3 aliphatic rings. The molecule has 0 aromatic heterocycles. The Morgan fingerprint density at radius 1 is 1.25 bits per heavy atom. The van der Waals surface area contributed by atoms with Crippen LogP contribution in [0.5, 0.6) is 0 Å². The predicted octanol–water partition coefficient (Wildman–Crippen LogP) is 2.84. The van der Waals surface area contributed by atoms with E-state index >= 15 is 0 Å². The zero-order chi connectivity index (χ0) is 13.9. The zero-order valence-corrected chi connectivity index (χ0v) is 12.5. The molecule has 1 aromatic carbocycles. The van der Waals surface area contributed by atoms with Crippen molar-refractivity contribution >= 4 is 21.8 Å². The number of benzene rings is 1. The van der Waals surface area contributed by atoms with E-state index in [1.165, 1.54) is 6.07 Å². The van der Waals surface area contributed by atoms with Crippen LogP contribution in [-0.4, -0.2) is 36.1 Å². The second kappa shape index (κ2) is 4.53. The first-order chi connectivity index (χ1) is 9.65. The van der Waals surface area contributed by atoms with Crippen LogP contribution in [0.1, 0.15) is 23.2 Å². The van der Waals surface area contributed by atoms with E-state index < -0.39 is 5.82 Å². The molecule has 0 saturated carbocycles. The molecule has 3 saturated heterocycles. The van der Waals surface area contributed by atoms with Gasteiger partial charge in [-0.25, -0.2) is 4.39 Å². The first kappa shape index (κ1) is 12.8. The monoisotopic (exact) mass is 339 g/mol. The van der Waals surface area contributed by atoms with E-state index in [1.54, 1.807) is 17.0 Å². The zero-order valence-electron chi connectivity index (χ0n) is 10.9. The van der Waals surface area contributed by atoms with E-state index in [1.807, 2.05) is 0 Å². The van der Waals surface area contributed by atoms with Gasteiger partial charge in [0.1, 0.15) is 5.82 Å². The number of nitrogens with zero attached hydrogens (tertiary/aromatic N) is 1. The number of rotatable bonds is 1. The Morgan fingerprint density at radius 2 is 1.90 bits per heavy atom. The summed E-state index contributed by atoms with van der Waals surface area (Å²) in [7, 11) is 0. The largest absolute Gasteiger partial charge is 0.374 e. The molecular formula is C15H15BrFNO2. The van der Waals surface area contributed by atoms with Crippen LogP contribution >= 0.6 is 15.9 Å². The van der Waals surface area contributed by atoms with E-state index in [9.17, 15) is 9.18 Å². The Bertz CT molecular complexity index is 541. The lowest BCUT2D eigenvalue weighted by molar-refractivity contribution is 0.0591. The van der Waals surface area contributed by atoms with Gasteiger partial charge >= 0.3 is 0 Å². The van der Waals surface area contributed by atoms with Crippen LogP contribution in [0.2, 0.25) is 0 Å². The second-order valence-corrected chi connectivity index (χ2v) is 6.78. The maximum absolute atomic E-state index is 13.9. The van der Waals surface area contributed by atoms with Crippen molar-refractivity contribution < 1.29 is 13.9 Å². The lowest BCUT2D eigenvalue weighted by atomic mass is 9.82. The highest BCUT2D eigenvalue weighted by Crippen LogP contribution is 2.47. The van der Waals surface area contributed by atoms with Crippen molar-refractivity contribution in [2.75, 3.05) is 13.1 Å². The second-order valence-electron chi connectivity index (χ2n) is 5.92. The summed E-state index contributed by atoms with van der Waals surface area (Å²) in [5.74, 6) is 0.232. The molecule has 0 aliphatic carbocycles. The summed E-state index contributed by atoms with van der Waals surface area (Å²) in [6.07, 6.45) is 2.84. The number of carbonyl (C=O) groups is 1. The third-order valence-corrected chi connectivity index (χ3v) is 5.58. The molecule has 1 aromatic rings. The fraction of sp³-hybridized carbons (Fsp3) is 0.533. The van der Waals surface area contributed by atoms with Gasteiger partial charge in [-0.1, -0.05) is 6.07 Å². The maximum Gasteiger partial charge on any atom is 0.258 e. The average molecular weight is 340 g/mol. The van der Waals surface area contributed by atoms with E-state index in [4.69, 9.17) is 4.74 Å². The fourth-order valence-corrected chi connectivity index (χ4v) is 4.50. The Kier molecular flexibility index (Phi) is 2.89. The lowest BCUT2D eigenvalue weighted by Crippen LogP contribution is -2.32. The smallest absolute Gasteiger partial charge is 0.258 e.